The van der Waals surface area contributed by atoms with E-state index in [4.69, 9.17) is 0 Å². The number of aromatic nitrogens is 1. The van der Waals surface area contributed by atoms with Crippen LogP contribution < -0.4 is 10.6 Å². The van der Waals surface area contributed by atoms with Crippen molar-refractivity contribution in [2.24, 2.45) is 5.92 Å². The van der Waals surface area contributed by atoms with Crippen LogP contribution in [0.15, 0.2) is 36.4 Å². The molecule has 2 heterocycles. The Morgan fingerprint density at radius 2 is 1.78 bits per heavy atom. The number of hydrogen-bond acceptors (Lipinski definition) is 3. The molecule has 1 aromatic heterocycles. The second-order valence-corrected chi connectivity index (χ2v) is 8.39. The lowest BCUT2D eigenvalue weighted by Crippen LogP contribution is -2.49. The van der Waals surface area contributed by atoms with Gasteiger partial charge in [-0.2, -0.15) is 0 Å². The van der Waals surface area contributed by atoms with Gasteiger partial charge in [0.2, 0.25) is 11.8 Å². The lowest BCUT2D eigenvalue weighted by Gasteiger charge is -2.35. The van der Waals surface area contributed by atoms with Crippen molar-refractivity contribution in [2.75, 3.05) is 6.54 Å². The van der Waals surface area contributed by atoms with Crippen molar-refractivity contribution in [3.05, 3.63) is 59.4 Å². The Morgan fingerprint density at radius 3 is 2.44 bits per heavy atom. The molecule has 6 nitrogen and oxygen atoms in total. The number of H-pyrrole nitrogens is 1. The Bertz CT molecular complexity index is 1220. The number of aliphatic hydroxyl groups excluding tert-OH is 1. The van der Waals surface area contributed by atoms with E-state index in [1.165, 1.54) is 18.2 Å². The Morgan fingerprint density at radius 1 is 1.06 bits per heavy atom. The van der Waals surface area contributed by atoms with Gasteiger partial charge in [-0.15, -0.1) is 0 Å². The van der Waals surface area contributed by atoms with E-state index >= 15 is 0 Å². The molecular weight excluding hydrogens is 423 g/mol. The van der Waals surface area contributed by atoms with E-state index in [0.717, 1.165) is 6.07 Å². The minimum absolute atomic E-state index is 0.0879. The van der Waals surface area contributed by atoms with Crippen molar-refractivity contribution in [1.29, 1.82) is 0 Å². The van der Waals surface area contributed by atoms with Gasteiger partial charge in [0, 0.05) is 23.9 Å². The number of hydrogen-bond donors (Lipinski definition) is 4. The fourth-order valence-electron chi connectivity index (χ4n) is 4.62. The third kappa shape index (κ3) is 3.42. The van der Waals surface area contributed by atoms with Crippen LogP contribution in [0.5, 0.6) is 0 Å². The highest BCUT2D eigenvalue weighted by Crippen LogP contribution is 2.48. The Labute approximate surface area is 180 Å². The van der Waals surface area contributed by atoms with Crippen molar-refractivity contribution in [3.8, 4) is 11.3 Å². The summed E-state index contributed by atoms with van der Waals surface area (Å²) < 4.78 is 41.9. The molecule has 2 atom stereocenters. The van der Waals surface area contributed by atoms with Gasteiger partial charge in [0.05, 0.1) is 11.2 Å². The minimum Gasteiger partial charge on any atom is -0.389 e. The van der Waals surface area contributed by atoms with Crippen LogP contribution >= 0.6 is 0 Å². The van der Waals surface area contributed by atoms with Crippen LogP contribution in [0.1, 0.15) is 24.3 Å². The summed E-state index contributed by atoms with van der Waals surface area (Å²) in [5.74, 6) is -3.19. The average Bonchev–Trinajstić information content (AvgIpc) is 3.23. The maximum Gasteiger partial charge on any atom is 0.245 e. The van der Waals surface area contributed by atoms with Crippen LogP contribution in [0.25, 0.3) is 22.2 Å². The summed E-state index contributed by atoms with van der Waals surface area (Å²) in [5.41, 5.74) is 2.00. The number of fused-ring (bicyclic) bond motifs is 1. The van der Waals surface area contributed by atoms with Crippen LogP contribution in [0, 0.1) is 23.4 Å². The normalized spacial score (nSPS) is 24.9. The van der Waals surface area contributed by atoms with Gasteiger partial charge in [0.1, 0.15) is 29.6 Å². The van der Waals surface area contributed by atoms with Crippen molar-refractivity contribution >= 4 is 22.7 Å². The molecule has 1 aliphatic heterocycles. The Hall–Kier alpha value is -3.33. The van der Waals surface area contributed by atoms with Gasteiger partial charge in [0.15, 0.2) is 0 Å². The predicted molar refractivity (Wildman–Crippen MR) is 110 cm³/mol. The second kappa shape index (κ2) is 7.67. The quantitative estimate of drug-likeness (QED) is 0.500. The third-order valence-corrected chi connectivity index (χ3v) is 6.36. The number of nitrogens with one attached hydrogen (secondary N) is 3. The molecule has 3 aromatic rings. The molecule has 1 saturated carbocycles. The molecule has 0 radical (unpaired) electrons. The highest BCUT2D eigenvalue weighted by atomic mass is 19.1. The van der Waals surface area contributed by atoms with E-state index in [9.17, 15) is 27.9 Å². The standard InChI is InChI=1S/C23H20F3N3O3/c24-13-3-1-10(2-4-13)19-18(15-7-14(25)8-16(26)20(15)28-19)11-5-12(6-11)22(31)29-21-17(30)9-27-23(21)32/h1-4,7-8,11-12,17,21,28,30H,5-6,9H2,(H,27,32)(H,29,31)/t11?,12?,17-,21+/m1/s1. The maximum absolute atomic E-state index is 14.5. The van der Waals surface area contributed by atoms with Crippen LogP contribution in [0.2, 0.25) is 0 Å². The van der Waals surface area contributed by atoms with E-state index in [-0.39, 0.29) is 23.9 Å². The summed E-state index contributed by atoms with van der Waals surface area (Å²) in [6.07, 6.45) is -0.155. The minimum atomic E-state index is -0.980. The lowest BCUT2D eigenvalue weighted by atomic mass is 9.69. The van der Waals surface area contributed by atoms with Crippen molar-refractivity contribution < 1.29 is 27.9 Å². The largest absolute Gasteiger partial charge is 0.389 e. The first kappa shape index (κ1) is 20.6. The Kier molecular flexibility index (Phi) is 4.93. The Balaban J connectivity index is 1.44. The zero-order valence-electron chi connectivity index (χ0n) is 16.8. The number of halogens is 3. The molecule has 166 valence electrons. The van der Waals surface area contributed by atoms with Gasteiger partial charge in [-0.3, -0.25) is 9.59 Å². The number of aliphatic hydroxyl groups is 1. The number of aromatic amines is 1. The van der Waals surface area contributed by atoms with Crippen molar-refractivity contribution in [2.45, 2.75) is 30.9 Å². The second-order valence-electron chi connectivity index (χ2n) is 8.39. The molecule has 32 heavy (non-hydrogen) atoms. The summed E-state index contributed by atoms with van der Waals surface area (Å²) in [4.78, 5) is 27.3. The SMILES string of the molecule is O=C(N[C@@H]1C(=O)NC[C@H]1O)C1CC(c2c(-c3ccc(F)cc3)[nH]c3c(F)cc(F)cc23)C1. The highest BCUT2D eigenvalue weighted by Gasteiger charge is 2.41. The molecule has 0 spiro atoms. The number of β-amino-alcohol motifs (C(OH)–C–C–N with tert-alkyl or cyclic N) is 1. The topological polar surface area (TPSA) is 94.2 Å². The number of benzene rings is 2. The molecule has 2 amide bonds. The molecule has 1 aliphatic carbocycles. The van der Waals surface area contributed by atoms with Gasteiger partial charge in [-0.05, 0) is 60.2 Å². The predicted octanol–water partition coefficient (Wildman–Crippen LogP) is 2.72. The van der Waals surface area contributed by atoms with E-state index in [0.29, 0.717) is 35.0 Å². The molecular formula is C23H20F3N3O3. The van der Waals surface area contributed by atoms with Crippen LogP contribution in [-0.2, 0) is 9.59 Å². The number of rotatable bonds is 4. The zero-order chi connectivity index (χ0) is 22.6. The van der Waals surface area contributed by atoms with Crippen LogP contribution in [0.4, 0.5) is 13.2 Å². The van der Waals surface area contributed by atoms with E-state index in [2.05, 4.69) is 15.6 Å². The van der Waals surface area contributed by atoms with E-state index in [1.54, 1.807) is 12.1 Å². The van der Waals surface area contributed by atoms with Crippen molar-refractivity contribution in [3.63, 3.8) is 0 Å². The fourth-order valence-corrected chi connectivity index (χ4v) is 4.62. The van der Waals surface area contributed by atoms with Gasteiger partial charge in [-0.1, -0.05) is 0 Å². The monoisotopic (exact) mass is 443 g/mol. The first-order valence-electron chi connectivity index (χ1n) is 10.3. The zero-order valence-corrected chi connectivity index (χ0v) is 16.8. The molecule has 1 saturated heterocycles. The molecule has 2 aliphatic rings. The van der Waals surface area contributed by atoms with Crippen molar-refractivity contribution in [1.82, 2.24) is 15.6 Å². The first-order chi connectivity index (χ1) is 15.3. The number of carbonyl (C=O) groups excluding carboxylic acids is 2. The van der Waals surface area contributed by atoms with E-state index < -0.39 is 41.4 Å². The van der Waals surface area contributed by atoms with Gasteiger partial charge >= 0.3 is 0 Å². The highest BCUT2D eigenvalue weighted by molar-refractivity contribution is 5.93. The summed E-state index contributed by atoms with van der Waals surface area (Å²) in [6, 6.07) is 6.76. The van der Waals surface area contributed by atoms with Gasteiger partial charge < -0.3 is 20.7 Å². The van der Waals surface area contributed by atoms with E-state index in [1.807, 2.05) is 0 Å². The fraction of sp³-hybridized carbons (Fsp3) is 0.304. The van der Waals surface area contributed by atoms with Gasteiger partial charge in [-0.25, -0.2) is 13.2 Å². The van der Waals surface area contributed by atoms with Gasteiger partial charge in [0.25, 0.3) is 0 Å². The third-order valence-electron chi connectivity index (χ3n) is 6.36. The molecule has 0 unspecified atom stereocenters. The lowest BCUT2D eigenvalue weighted by molar-refractivity contribution is -0.133. The molecule has 0 bridgehead atoms. The smallest absolute Gasteiger partial charge is 0.245 e. The molecule has 9 heteroatoms. The molecule has 4 N–H and O–H groups in total. The number of carbonyl (C=O) groups is 2. The molecule has 5 rings (SSSR count). The molecule has 2 fully saturated rings. The van der Waals surface area contributed by atoms with Crippen LogP contribution in [0.3, 0.4) is 0 Å². The number of amides is 2. The molecule has 2 aromatic carbocycles. The maximum atomic E-state index is 14.5. The summed E-state index contributed by atoms with van der Waals surface area (Å²) in [5, 5.41) is 15.3. The summed E-state index contributed by atoms with van der Waals surface area (Å²) in [7, 11) is 0. The average molecular weight is 443 g/mol. The van der Waals surface area contributed by atoms with Crippen LogP contribution in [-0.4, -0.2) is 40.6 Å². The summed E-state index contributed by atoms with van der Waals surface area (Å²) in [6.45, 7) is 0.0879. The summed E-state index contributed by atoms with van der Waals surface area (Å²) >= 11 is 0. The first-order valence-corrected chi connectivity index (χ1v) is 10.3.